The van der Waals surface area contributed by atoms with E-state index in [9.17, 15) is 24.5 Å². The fraction of sp³-hybridized carbons (Fsp3) is 0.250. The molecule has 0 aliphatic carbocycles. The molecule has 1 N–H and O–H groups in total. The van der Waals surface area contributed by atoms with Gasteiger partial charge in [-0.15, -0.1) is 11.8 Å². The van der Waals surface area contributed by atoms with Crippen LogP contribution in [-0.4, -0.2) is 39.2 Å². The van der Waals surface area contributed by atoms with Gasteiger partial charge in [-0.3, -0.25) is 24.5 Å². The van der Waals surface area contributed by atoms with Crippen LogP contribution in [0.4, 0.5) is 11.4 Å². The van der Waals surface area contributed by atoms with Crippen molar-refractivity contribution in [3.8, 4) is 0 Å². The van der Waals surface area contributed by atoms with E-state index in [1.807, 2.05) is 0 Å². The van der Waals surface area contributed by atoms with Gasteiger partial charge in [0.15, 0.2) is 11.7 Å². The molecule has 2 saturated heterocycles. The number of fused-ring (bicyclic) bond motifs is 1. The number of non-ortho nitro benzene ring substituents is 1. The molecule has 2 unspecified atom stereocenters. The Morgan fingerprint density at radius 1 is 1.23 bits per heavy atom. The number of benzene rings is 2. The number of nitro benzene ring substituents is 1. The monoisotopic (exact) mass is 445 g/mol. The highest BCUT2D eigenvalue weighted by atomic mass is 35.5. The van der Waals surface area contributed by atoms with E-state index >= 15 is 0 Å². The number of Topliss-reactive ketones (excluding diaryl/α,β-unsaturated/α-hetero) is 1. The third-order valence-corrected chi connectivity index (χ3v) is 6.77. The predicted octanol–water partition coefficient (Wildman–Crippen LogP) is 3.34. The van der Waals surface area contributed by atoms with E-state index in [0.717, 1.165) is 0 Å². The first kappa shape index (κ1) is 20.4. The Hall–Kier alpha value is -2.91. The molecule has 0 aromatic heterocycles. The maximum atomic E-state index is 13.0. The van der Waals surface area contributed by atoms with E-state index in [-0.39, 0.29) is 5.69 Å². The molecule has 0 spiro atoms. The van der Waals surface area contributed by atoms with Crippen LogP contribution in [0.5, 0.6) is 0 Å². The zero-order chi connectivity index (χ0) is 21.6. The number of aryl methyl sites for hydroxylation is 1. The molecule has 8 nitrogen and oxygen atoms in total. The molecule has 4 rings (SSSR count). The van der Waals surface area contributed by atoms with Crippen molar-refractivity contribution in [2.75, 3.05) is 11.1 Å². The van der Waals surface area contributed by atoms with E-state index in [0.29, 0.717) is 27.6 Å². The summed E-state index contributed by atoms with van der Waals surface area (Å²) in [6, 6.07) is 10.1. The van der Waals surface area contributed by atoms with E-state index in [4.69, 9.17) is 11.6 Å². The Morgan fingerprint density at radius 3 is 2.57 bits per heavy atom. The average Bonchev–Trinajstić information content (AvgIpc) is 3.24. The Labute approximate surface area is 180 Å². The Bertz CT molecular complexity index is 1070. The third kappa shape index (κ3) is 3.44. The van der Waals surface area contributed by atoms with Crippen LogP contribution in [0.2, 0.25) is 5.02 Å². The summed E-state index contributed by atoms with van der Waals surface area (Å²) in [5, 5.41) is 13.6. The standard InChI is InChI=1S/C20H16ClN3O5S/c1-10-8-12(21)4-7-14(10)22-18(26)16-17(25)15-9-30-20(23(15)19(16)27)11-2-5-13(6-3-11)24(28)29/h2-8,15-16,20H,9H2,1H3,(H,22,26)/t15?,16?,20-/m0/s1. The zero-order valence-electron chi connectivity index (χ0n) is 15.7. The van der Waals surface area contributed by atoms with Crippen molar-refractivity contribution >= 4 is 52.3 Å². The number of carbonyl (C=O) groups excluding carboxylic acids is 3. The van der Waals surface area contributed by atoms with Gasteiger partial charge >= 0.3 is 0 Å². The first-order valence-electron chi connectivity index (χ1n) is 9.07. The van der Waals surface area contributed by atoms with Crippen molar-refractivity contribution in [3.63, 3.8) is 0 Å². The number of hydrogen-bond donors (Lipinski definition) is 1. The summed E-state index contributed by atoms with van der Waals surface area (Å²) in [6.45, 7) is 1.76. The maximum Gasteiger partial charge on any atom is 0.269 e. The van der Waals surface area contributed by atoms with Gasteiger partial charge in [0.25, 0.3) is 5.69 Å². The van der Waals surface area contributed by atoms with Crippen molar-refractivity contribution in [2.24, 2.45) is 5.92 Å². The Morgan fingerprint density at radius 2 is 1.93 bits per heavy atom. The van der Waals surface area contributed by atoms with Crippen molar-refractivity contribution in [2.45, 2.75) is 18.3 Å². The smallest absolute Gasteiger partial charge is 0.269 e. The molecule has 2 aliphatic rings. The molecule has 2 aromatic rings. The Balaban J connectivity index is 1.56. The number of thioether (sulfide) groups is 1. The van der Waals surface area contributed by atoms with Crippen LogP contribution in [0.3, 0.4) is 0 Å². The van der Waals surface area contributed by atoms with Gasteiger partial charge in [0.05, 0.1) is 4.92 Å². The molecule has 3 atom stereocenters. The molecule has 2 heterocycles. The van der Waals surface area contributed by atoms with Crippen LogP contribution >= 0.6 is 23.4 Å². The summed E-state index contributed by atoms with van der Waals surface area (Å²) in [5.74, 6) is -2.69. The first-order chi connectivity index (χ1) is 14.3. The highest BCUT2D eigenvalue weighted by Crippen LogP contribution is 2.46. The molecule has 2 aromatic carbocycles. The molecule has 2 fully saturated rings. The largest absolute Gasteiger partial charge is 0.325 e. The lowest BCUT2D eigenvalue weighted by atomic mass is 10.0. The number of nitrogens with one attached hydrogen (secondary N) is 1. The lowest BCUT2D eigenvalue weighted by Gasteiger charge is -2.23. The molecular weight excluding hydrogens is 430 g/mol. The quantitative estimate of drug-likeness (QED) is 0.439. The Kier molecular flexibility index (Phi) is 5.25. The molecule has 0 radical (unpaired) electrons. The molecule has 154 valence electrons. The fourth-order valence-electron chi connectivity index (χ4n) is 3.69. The molecule has 0 saturated carbocycles. The minimum atomic E-state index is -1.41. The van der Waals surface area contributed by atoms with Gasteiger partial charge < -0.3 is 10.2 Å². The van der Waals surface area contributed by atoms with Crippen molar-refractivity contribution in [1.29, 1.82) is 0 Å². The minimum absolute atomic E-state index is 0.0577. The van der Waals surface area contributed by atoms with Gasteiger partial charge in [-0.25, -0.2) is 0 Å². The number of hydrogen-bond acceptors (Lipinski definition) is 6. The molecule has 30 heavy (non-hydrogen) atoms. The number of amides is 2. The number of halogens is 1. The topological polar surface area (TPSA) is 110 Å². The van der Waals surface area contributed by atoms with Crippen LogP contribution in [0.1, 0.15) is 16.5 Å². The van der Waals surface area contributed by atoms with Crippen molar-refractivity contribution < 1.29 is 19.3 Å². The van der Waals surface area contributed by atoms with Crippen LogP contribution in [0.25, 0.3) is 0 Å². The van der Waals surface area contributed by atoms with Gasteiger partial charge in [-0.2, -0.15) is 0 Å². The maximum absolute atomic E-state index is 13.0. The highest BCUT2D eigenvalue weighted by molar-refractivity contribution is 7.99. The second-order valence-electron chi connectivity index (χ2n) is 7.08. The fourth-order valence-corrected chi connectivity index (χ4v) is 5.37. The number of rotatable bonds is 4. The number of carbonyl (C=O) groups is 3. The SMILES string of the molecule is Cc1cc(Cl)ccc1NC(=O)C1C(=O)C2CS[C@@H](c3ccc([N+](=O)[O-])cc3)N2C1=O. The van der Waals surface area contributed by atoms with Crippen LogP contribution in [0, 0.1) is 23.0 Å². The van der Waals surface area contributed by atoms with Gasteiger partial charge in [-0.1, -0.05) is 11.6 Å². The van der Waals surface area contributed by atoms with Crippen LogP contribution in [0.15, 0.2) is 42.5 Å². The third-order valence-electron chi connectivity index (χ3n) is 5.21. The number of ketones is 1. The minimum Gasteiger partial charge on any atom is -0.325 e. The highest BCUT2D eigenvalue weighted by Gasteiger charge is 2.56. The van der Waals surface area contributed by atoms with E-state index < -0.39 is 39.9 Å². The van der Waals surface area contributed by atoms with Gasteiger partial charge in [-0.05, 0) is 48.4 Å². The summed E-state index contributed by atoms with van der Waals surface area (Å²) in [5.41, 5.74) is 1.81. The summed E-state index contributed by atoms with van der Waals surface area (Å²) >= 11 is 7.32. The zero-order valence-corrected chi connectivity index (χ0v) is 17.3. The predicted molar refractivity (Wildman–Crippen MR) is 112 cm³/mol. The van der Waals surface area contributed by atoms with Crippen LogP contribution < -0.4 is 5.32 Å². The molecule has 2 aliphatic heterocycles. The normalized spacial score (nSPS) is 22.9. The van der Waals surface area contributed by atoms with Crippen LogP contribution in [-0.2, 0) is 14.4 Å². The first-order valence-corrected chi connectivity index (χ1v) is 10.5. The van der Waals surface area contributed by atoms with E-state index in [2.05, 4.69) is 5.32 Å². The summed E-state index contributed by atoms with van der Waals surface area (Å²) in [7, 11) is 0. The van der Waals surface area contributed by atoms with E-state index in [1.165, 1.54) is 28.8 Å². The number of anilines is 1. The second kappa shape index (κ2) is 7.73. The van der Waals surface area contributed by atoms with Crippen molar-refractivity contribution in [1.82, 2.24) is 4.90 Å². The van der Waals surface area contributed by atoms with Crippen molar-refractivity contribution in [3.05, 3.63) is 68.7 Å². The lowest BCUT2D eigenvalue weighted by molar-refractivity contribution is -0.384. The molecule has 10 heteroatoms. The molecule has 0 bridgehead atoms. The average molecular weight is 446 g/mol. The summed E-state index contributed by atoms with van der Waals surface area (Å²) in [4.78, 5) is 50.4. The van der Waals surface area contributed by atoms with E-state index in [1.54, 1.807) is 37.3 Å². The second-order valence-corrected chi connectivity index (χ2v) is 8.63. The number of nitro groups is 1. The number of nitrogens with zero attached hydrogens (tertiary/aromatic N) is 2. The summed E-state index contributed by atoms with van der Waals surface area (Å²) in [6.07, 6.45) is 0. The molecular formula is C20H16ClN3O5S. The van der Waals surface area contributed by atoms with Gasteiger partial charge in [0.1, 0.15) is 11.4 Å². The summed E-state index contributed by atoms with van der Waals surface area (Å²) < 4.78 is 0. The van der Waals surface area contributed by atoms with Gasteiger partial charge in [0, 0.05) is 28.6 Å². The molecule has 2 amide bonds. The lowest BCUT2D eigenvalue weighted by Crippen LogP contribution is -2.35. The van der Waals surface area contributed by atoms with Gasteiger partial charge in [0.2, 0.25) is 11.8 Å².